The number of aliphatic hydroxyl groups excluding tert-OH is 1. The van der Waals surface area contributed by atoms with Crippen molar-refractivity contribution in [3.05, 3.63) is 0 Å². The number of hydrogen-bond acceptors (Lipinski definition) is 3. The number of carbonyl (C=O) groups excluding carboxylic acids is 1. The van der Waals surface area contributed by atoms with E-state index in [4.69, 9.17) is 5.11 Å². The third kappa shape index (κ3) is 6.55. The molecule has 1 N–H and O–H groups in total. The quantitative estimate of drug-likeness (QED) is 0.422. The number of carbonyl (C=O) groups is 1. The minimum atomic E-state index is -1.04. The van der Waals surface area contributed by atoms with Crippen molar-refractivity contribution in [3.8, 4) is 0 Å². The smallest absolute Gasteiger partial charge is 0.550 e. The Bertz CT molecular complexity index is 95.0. The first-order valence-electron chi connectivity index (χ1n) is 3.00. The Hall–Kier alpha value is 0.430. The zero-order chi connectivity index (χ0) is 7.28. The van der Waals surface area contributed by atoms with Crippen LogP contribution < -0.4 is 34.7 Å². The van der Waals surface area contributed by atoms with Crippen molar-refractivity contribution in [3.63, 3.8) is 0 Å². The first-order chi connectivity index (χ1) is 4.18. The second-order valence-electron chi connectivity index (χ2n) is 2.09. The molecule has 0 aromatic carbocycles. The number of rotatable bonds is 4. The summed E-state index contributed by atoms with van der Waals surface area (Å²) in [7, 11) is 0. The monoisotopic (exact) mass is 154 g/mol. The van der Waals surface area contributed by atoms with Gasteiger partial charge in [0.15, 0.2) is 0 Å². The zero-order valence-electron chi connectivity index (χ0n) is 6.46. The molecule has 0 fully saturated rings. The van der Waals surface area contributed by atoms with Crippen molar-refractivity contribution in [2.75, 3.05) is 6.61 Å². The van der Waals surface area contributed by atoms with E-state index in [0.29, 0.717) is 12.8 Å². The molecule has 0 bridgehead atoms. The number of aliphatic carboxylic acids is 1. The van der Waals surface area contributed by atoms with Crippen LogP contribution >= 0.6 is 0 Å². The number of hydrogen-bond donors (Lipinski definition) is 1. The molecule has 0 radical (unpaired) electrons. The van der Waals surface area contributed by atoms with Crippen LogP contribution in [0.1, 0.15) is 19.8 Å². The van der Waals surface area contributed by atoms with Crippen LogP contribution in [0.5, 0.6) is 0 Å². The molecule has 0 aliphatic heterocycles. The van der Waals surface area contributed by atoms with E-state index in [1.807, 2.05) is 0 Å². The summed E-state index contributed by atoms with van der Waals surface area (Å²) in [5.41, 5.74) is 0. The molecule has 0 aromatic rings. The van der Waals surface area contributed by atoms with E-state index in [-0.39, 0.29) is 36.2 Å². The summed E-state index contributed by atoms with van der Waals surface area (Å²) in [5.74, 6) is -1.47. The number of carboxylic acids is 1. The van der Waals surface area contributed by atoms with Gasteiger partial charge in [-0.15, -0.1) is 0 Å². The van der Waals surface area contributed by atoms with Gasteiger partial charge in [-0.25, -0.2) is 0 Å². The van der Waals surface area contributed by atoms with Crippen molar-refractivity contribution in [2.45, 2.75) is 19.8 Å². The summed E-state index contributed by atoms with van der Waals surface area (Å²) in [5, 5.41) is 18.3. The normalized spacial score (nSPS) is 11.8. The van der Waals surface area contributed by atoms with Crippen molar-refractivity contribution in [1.29, 1.82) is 0 Å². The van der Waals surface area contributed by atoms with Crippen LogP contribution in [0.4, 0.5) is 0 Å². The summed E-state index contributed by atoms with van der Waals surface area (Å²) in [6.45, 7) is 1.63. The molecule has 1 atom stereocenters. The van der Waals surface area contributed by atoms with Gasteiger partial charge in [0.05, 0.1) is 0 Å². The third-order valence-corrected chi connectivity index (χ3v) is 1.20. The van der Waals surface area contributed by atoms with E-state index >= 15 is 0 Å². The summed E-state index contributed by atoms with van der Waals surface area (Å²) in [6, 6.07) is 0. The molecule has 0 heterocycles. The van der Waals surface area contributed by atoms with Gasteiger partial charge in [0, 0.05) is 12.6 Å². The Morgan fingerprint density at radius 2 is 2.20 bits per heavy atom. The van der Waals surface area contributed by atoms with Crippen LogP contribution in [0.2, 0.25) is 0 Å². The van der Waals surface area contributed by atoms with Crippen LogP contribution in [0.25, 0.3) is 0 Å². The van der Waals surface area contributed by atoms with Gasteiger partial charge < -0.3 is 15.0 Å². The first kappa shape index (κ1) is 13.1. The molecule has 0 saturated heterocycles. The van der Waals surface area contributed by atoms with Crippen LogP contribution in [-0.2, 0) is 4.79 Å². The van der Waals surface area contributed by atoms with E-state index in [1.165, 1.54) is 0 Å². The molecule has 0 saturated carbocycles. The molecule has 0 aromatic heterocycles. The van der Waals surface area contributed by atoms with Gasteiger partial charge >= 0.3 is 29.6 Å². The maximum atomic E-state index is 10.0. The predicted octanol–water partition coefficient (Wildman–Crippen LogP) is -3.85. The minimum absolute atomic E-state index is 0. The van der Waals surface area contributed by atoms with Crippen LogP contribution in [0.3, 0.4) is 0 Å². The molecule has 0 aliphatic rings. The van der Waals surface area contributed by atoms with Crippen LogP contribution in [0.15, 0.2) is 0 Å². The zero-order valence-corrected chi connectivity index (χ0v) is 8.46. The Kier molecular flexibility index (Phi) is 9.84. The maximum Gasteiger partial charge on any atom is 1.00 e. The van der Waals surface area contributed by atoms with Crippen LogP contribution in [0, 0.1) is 5.92 Å². The molecule has 4 heteroatoms. The van der Waals surface area contributed by atoms with Gasteiger partial charge in [0.2, 0.25) is 0 Å². The van der Waals surface area contributed by atoms with E-state index in [0.717, 1.165) is 0 Å². The fraction of sp³-hybridized carbons (Fsp3) is 0.833. The Balaban J connectivity index is 0. The molecule has 0 rings (SSSR count). The molecule has 54 valence electrons. The molecule has 0 aliphatic carbocycles. The van der Waals surface area contributed by atoms with Gasteiger partial charge in [0.1, 0.15) is 0 Å². The first-order valence-corrected chi connectivity index (χ1v) is 3.00. The van der Waals surface area contributed by atoms with Crippen LogP contribution in [-0.4, -0.2) is 17.7 Å². The molecule has 1 unspecified atom stereocenters. The topological polar surface area (TPSA) is 60.4 Å². The summed E-state index contributed by atoms with van der Waals surface area (Å²) in [4.78, 5) is 10.0. The van der Waals surface area contributed by atoms with Crippen molar-refractivity contribution in [2.24, 2.45) is 5.92 Å². The number of aliphatic hydroxyl groups is 1. The van der Waals surface area contributed by atoms with Crippen molar-refractivity contribution in [1.82, 2.24) is 0 Å². The molecule has 0 spiro atoms. The summed E-state index contributed by atoms with van der Waals surface area (Å²) in [6.07, 6.45) is 1.04. The summed E-state index contributed by atoms with van der Waals surface area (Å²) < 4.78 is 0. The molecule has 3 nitrogen and oxygen atoms in total. The standard InChI is InChI=1S/C6H12O3.Na/c1-5(6(8)9)3-2-4-7;/h5,7H,2-4H2,1H3,(H,8,9);/q;+1/p-1. The third-order valence-electron chi connectivity index (χ3n) is 1.20. The SMILES string of the molecule is CC(CCCO)C(=O)[O-].[Na+]. The molecule has 10 heavy (non-hydrogen) atoms. The van der Waals surface area contributed by atoms with Gasteiger partial charge in [-0.1, -0.05) is 6.92 Å². The molecular formula is C6H11NaO3. The average molecular weight is 154 g/mol. The molecule has 0 amide bonds. The second-order valence-corrected chi connectivity index (χ2v) is 2.09. The van der Waals surface area contributed by atoms with E-state index < -0.39 is 11.9 Å². The van der Waals surface area contributed by atoms with E-state index in [9.17, 15) is 9.90 Å². The van der Waals surface area contributed by atoms with E-state index in [1.54, 1.807) is 6.92 Å². The van der Waals surface area contributed by atoms with Crippen molar-refractivity contribution < 1.29 is 44.6 Å². The van der Waals surface area contributed by atoms with E-state index in [2.05, 4.69) is 0 Å². The number of carboxylic acid groups (broad SMARTS) is 1. The maximum absolute atomic E-state index is 10.0. The Morgan fingerprint density at radius 1 is 1.70 bits per heavy atom. The van der Waals surface area contributed by atoms with Gasteiger partial charge in [0.25, 0.3) is 0 Å². The predicted molar refractivity (Wildman–Crippen MR) is 30.5 cm³/mol. The van der Waals surface area contributed by atoms with Crippen molar-refractivity contribution >= 4 is 5.97 Å². The Labute approximate surface area is 82.7 Å². The summed E-state index contributed by atoms with van der Waals surface area (Å²) >= 11 is 0. The average Bonchev–Trinajstić information content (AvgIpc) is 1.82. The minimum Gasteiger partial charge on any atom is -0.550 e. The largest absolute Gasteiger partial charge is 1.00 e. The van der Waals surface area contributed by atoms with Gasteiger partial charge in [-0.3, -0.25) is 0 Å². The van der Waals surface area contributed by atoms with Gasteiger partial charge in [-0.05, 0) is 18.8 Å². The molecular weight excluding hydrogens is 143 g/mol. The Morgan fingerprint density at radius 3 is 2.50 bits per heavy atom. The second kappa shape index (κ2) is 7.54. The van der Waals surface area contributed by atoms with Gasteiger partial charge in [-0.2, -0.15) is 0 Å². The fourth-order valence-corrected chi connectivity index (χ4v) is 0.515. The fourth-order valence-electron chi connectivity index (χ4n) is 0.515.